The minimum absolute atomic E-state index is 0.494. The molecule has 124 valence electrons. The zero-order valence-corrected chi connectivity index (χ0v) is 14.0. The van der Waals surface area contributed by atoms with Crippen molar-refractivity contribution in [3.63, 3.8) is 0 Å². The molecule has 0 heterocycles. The summed E-state index contributed by atoms with van der Waals surface area (Å²) in [6, 6.07) is 28.9. The first-order chi connectivity index (χ1) is 12.3. The average Bonchev–Trinajstić information content (AvgIpc) is 2.68. The summed E-state index contributed by atoms with van der Waals surface area (Å²) in [4.78, 5) is 4.61. The number of hydrogen-bond acceptors (Lipinski definition) is 3. The maximum Gasteiger partial charge on any atom is 0.225 e. The summed E-state index contributed by atoms with van der Waals surface area (Å²) in [5.41, 5.74) is 1.61. The lowest BCUT2D eigenvalue weighted by Gasteiger charge is -2.10. The van der Waals surface area contributed by atoms with Crippen molar-refractivity contribution in [2.24, 2.45) is 4.99 Å². The van der Waals surface area contributed by atoms with E-state index in [9.17, 15) is 0 Å². The van der Waals surface area contributed by atoms with Crippen LogP contribution in [0.15, 0.2) is 108 Å². The maximum absolute atomic E-state index is 5.97. The molecule has 0 N–H and O–H groups in total. The van der Waals surface area contributed by atoms with Crippen LogP contribution in [-0.2, 0) is 0 Å². The maximum atomic E-state index is 5.97. The highest BCUT2D eigenvalue weighted by molar-refractivity contribution is 5.96. The van der Waals surface area contributed by atoms with Gasteiger partial charge in [-0.15, -0.1) is 0 Å². The molecule has 3 nitrogen and oxygen atoms in total. The number of rotatable bonds is 5. The first kappa shape index (κ1) is 16.5. The molecule has 0 amide bonds. The van der Waals surface area contributed by atoms with Gasteiger partial charge in [0, 0.05) is 5.57 Å². The van der Waals surface area contributed by atoms with Crippen LogP contribution < -0.4 is 9.47 Å². The van der Waals surface area contributed by atoms with Crippen LogP contribution in [0.2, 0.25) is 0 Å². The second-order valence-electron chi connectivity index (χ2n) is 5.40. The summed E-state index contributed by atoms with van der Waals surface area (Å²) in [5, 5.41) is 0. The summed E-state index contributed by atoms with van der Waals surface area (Å²) in [7, 11) is 0. The van der Waals surface area contributed by atoms with E-state index in [-0.39, 0.29) is 0 Å². The normalized spacial score (nSPS) is 11.9. The van der Waals surface area contributed by atoms with E-state index >= 15 is 0 Å². The van der Waals surface area contributed by atoms with E-state index in [0.29, 0.717) is 5.90 Å². The zero-order valence-electron chi connectivity index (χ0n) is 14.0. The van der Waals surface area contributed by atoms with Crippen LogP contribution in [0.5, 0.6) is 11.5 Å². The number of benzene rings is 3. The predicted molar refractivity (Wildman–Crippen MR) is 101 cm³/mol. The lowest BCUT2D eigenvalue weighted by molar-refractivity contribution is 0.473. The molecule has 0 radical (unpaired) electrons. The van der Waals surface area contributed by atoms with E-state index < -0.39 is 0 Å². The fourth-order valence-corrected chi connectivity index (χ4v) is 2.12. The molecule has 0 fully saturated rings. The fourth-order valence-electron chi connectivity index (χ4n) is 2.12. The molecular weight excluding hydrogens is 310 g/mol. The van der Waals surface area contributed by atoms with Crippen LogP contribution >= 0.6 is 0 Å². The molecule has 0 saturated carbocycles. The highest BCUT2D eigenvalue weighted by Crippen LogP contribution is 2.18. The minimum Gasteiger partial charge on any atom is -0.465 e. The number of ether oxygens (including phenoxy) is 2. The van der Waals surface area contributed by atoms with Crippen molar-refractivity contribution in [1.29, 1.82) is 0 Å². The molecule has 25 heavy (non-hydrogen) atoms. The van der Waals surface area contributed by atoms with Crippen LogP contribution in [0.1, 0.15) is 6.92 Å². The average molecular weight is 329 g/mol. The summed E-state index contributed by atoms with van der Waals surface area (Å²) in [6.45, 7) is 1.91. The third kappa shape index (κ3) is 5.08. The Morgan fingerprint density at radius 2 is 1.24 bits per heavy atom. The van der Waals surface area contributed by atoms with E-state index in [1.54, 1.807) is 6.26 Å². The molecule has 3 rings (SSSR count). The minimum atomic E-state index is 0.494. The quantitative estimate of drug-likeness (QED) is 0.337. The molecular formula is C22H19NO2. The summed E-state index contributed by atoms with van der Waals surface area (Å²) >= 11 is 0. The molecule has 0 atom stereocenters. The van der Waals surface area contributed by atoms with Gasteiger partial charge in [-0.05, 0) is 43.3 Å². The molecule has 3 aromatic carbocycles. The third-order valence-corrected chi connectivity index (χ3v) is 3.40. The Hall–Kier alpha value is -3.33. The lowest BCUT2D eigenvalue weighted by Crippen LogP contribution is -2.10. The Morgan fingerprint density at radius 1 is 0.720 bits per heavy atom. The Balaban J connectivity index is 1.86. The van der Waals surface area contributed by atoms with E-state index in [2.05, 4.69) is 4.99 Å². The first-order valence-electron chi connectivity index (χ1n) is 8.07. The van der Waals surface area contributed by atoms with Crippen molar-refractivity contribution in [3.8, 4) is 11.5 Å². The van der Waals surface area contributed by atoms with Gasteiger partial charge < -0.3 is 9.47 Å². The predicted octanol–water partition coefficient (Wildman–Crippen LogP) is 5.78. The van der Waals surface area contributed by atoms with Crippen molar-refractivity contribution >= 4 is 11.6 Å². The fraction of sp³-hybridized carbons (Fsp3) is 0.0455. The van der Waals surface area contributed by atoms with E-state index in [4.69, 9.17) is 9.47 Å². The monoisotopic (exact) mass is 329 g/mol. The van der Waals surface area contributed by atoms with Crippen molar-refractivity contribution in [2.75, 3.05) is 0 Å². The number of aliphatic imine (C=N–C) groups is 1. The molecule has 0 aliphatic rings. The van der Waals surface area contributed by atoms with Crippen molar-refractivity contribution < 1.29 is 9.47 Å². The standard InChI is InChI=1S/C22H19NO2/c1-18(17-24-20-13-7-3-8-14-20)22(23-19-11-5-2-6-12-19)25-21-15-9-4-10-16-21/h2-17H,1H3/b18-17+,23-22?. The summed E-state index contributed by atoms with van der Waals surface area (Å²) in [5.74, 6) is 1.98. The molecule has 3 heteroatoms. The smallest absolute Gasteiger partial charge is 0.225 e. The molecule has 0 aliphatic carbocycles. The molecule has 0 aliphatic heterocycles. The van der Waals surface area contributed by atoms with Gasteiger partial charge in [-0.25, -0.2) is 4.99 Å². The molecule has 0 aromatic heterocycles. The lowest BCUT2D eigenvalue weighted by atomic mass is 10.3. The molecule has 0 saturated heterocycles. The Bertz CT molecular complexity index is 841. The molecule has 3 aromatic rings. The molecule has 0 bridgehead atoms. The Labute approximate surface area is 147 Å². The van der Waals surface area contributed by atoms with Gasteiger partial charge in [0.2, 0.25) is 5.90 Å². The van der Waals surface area contributed by atoms with Crippen molar-refractivity contribution in [2.45, 2.75) is 6.92 Å². The van der Waals surface area contributed by atoms with E-state index in [0.717, 1.165) is 22.8 Å². The Morgan fingerprint density at radius 3 is 1.84 bits per heavy atom. The number of nitrogens with zero attached hydrogens (tertiary/aromatic N) is 1. The van der Waals surface area contributed by atoms with Gasteiger partial charge in [0.25, 0.3) is 0 Å². The third-order valence-electron chi connectivity index (χ3n) is 3.40. The second kappa shape index (κ2) is 8.50. The van der Waals surface area contributed by atoms with Crippen LogP contribution in [-0.4, -0.2) is 5.90 Å². The second-order valence-corrected chi connectivity index (χ2v) is 5.40. The SMILES string of the molecule is C/C(=C\Oc1ccccc1)C(=Nc1ccccc1)Oc1ccccc1. The summed E-state index contributed by atoms with van der Waals surface area (Å²) < 4.78 is 11.7. The first-order valence-corrected chi connectivity index (χ1v) is 8.07. The van der Waals surface area contributed by atoms with Crippen molar-refractivity contribution in [3.05, 3.63) is 103 Å². The van der Waals surface area contributed by atoms with E-state index in [1.165, 1.54) is 0 Å². The van der Waals surface area contributed by atoms with Gasteiger partial charge in [-0.1, -0.05) is 54.6 Å². The van der Waals surface area contributed by atoms with Gasteiger partial charge in [0.15, 0.2) is 0 Å². The summed E-state index contributed by atoms with van der Waals surface area (Å²) in [6.07, 6.45) is 1.65. The van der Waals surface area contributed by atoms with Gasteiger partial charge in [-0.2, -0.15) is 0 Å². The van der Waals surface area contributed by atoms with Gasteiger partial charge >= 0.3 is 0 Å². The van der Waals surface area contributed by atoms with Crippen LogP contribution in [0.3, 0.4) is 0 Å². The van der Waals surface area contributed by atoms with Gasteiger partial charge in [0.05, 0.1) is 11.9 Å². The number of para-hydroxylation sites is 3. The highest BCUT2D eigenvalue weighted by Gasteiger charge is 2.07. The number of hydrogen-bond donors (Lipinski definition) is 0. The van der Waals surface area contributed by atoms with E-state index in [1.807, 2.05) is 97.9 Å². The topological polar surface area (TPSA) is 30.8 Å². The van der Waals surface area contributed by atoms with Crippen LogP contribution in [0.4, 0.5) is 5.69 Å². The van der Waals surface area contributed by atoms with Gasteiger partial charge in [0.1, 0.15) is 11.5 Å². The van der Waals surface area contributed by atoms with Crippen LogP contribution in [0, 0.1) is 0 Å². The highest BCUT2D eigenvalue weighted by atomic mass is 16.5. The Kier molecular flexibility index (Phi) is 5.62. The molecule has 0 unspecified atom stereocenters. The zero-order chi connectivity index (χ0) is 17.3. The van der Waals surface area contributed by atoms with Crippen molar-refractivity contribution in [1.82, 2.24) is 0 Å². The van der Waals surface area contributed by atoms with Gasteiger partial charge in [-0.3, -0.25) is 0 Å². The van der Waals surface area contributed by atoms with Crippen LogP contribution in [0.25, 0.3) is 0 Å². The largest absolute Gasteiger partial charge is 0.465 e. The molecule has 0 spiro atoms.